The summed E-state index contributed by atoms with van der Waals surface area (Å²) in [7, 11) is 1.31. The van der Waals surface area contributed by atoms with Crippen LogP contribution in [0, 0.1) is 0 Å². The van der Waals surface area contributed by atoms with Crippen molar-refractivity contribution < 1.29 is 32.9 Å². The predicted octanol–water partition coefficient (Wildman–Crippen LogP) is 0.168. The van der Waals surface area contributed by atoms with Gasteiger partial charge in [-0.05, 0) is 0 Å². The van der Waals surface area contributed by atoms with Crippen LogP contribution in [0.1, 0.15) is 0 Å². The van der Waals surface area contributed by atoms with Crippen molar-refractivity contribution in [1.82, 2.24) is 5.32 Å². The summed E-state index contributed by atoms with van der Waals surface area (Å²) in [5, 5.41) is 20.3. The third kappa shape index (κ3) is 3.02. The molecule has 1 unspecified atom stereocenters. The number of anilines is 2. The first kappa shape index (κ1) is 16.2. The number of aromatic hydroxyl groups is 1. The van der Waals surface area contributed by atoms with Crippen LogP contribution in [0.3, 0.4) is 0 Å². The molecule has 1 aliphatic rings. The molecule has 2 rings (SSSR count). The summed E-state index contributed by atoms with van der Waals surface area (Å²) in [5.74, 6) is -0.910. The molecule has 0 saturated carbocycles. The number of rotatable bonds is 2. The van der Waals surface area contributed by atoms with Gasteiger partial charge in [-0.3, -0.25) is 10.1 Å². The van der Waals surface area contributed by atoms with E-state index in [0.717, 1.165) is 4.90 Å². The number of fused-ring (bicyclic) bond motifs is 1. The first-order valence-corrected chi connectivity index (χ1v) is 6.15. The van der Waals surface area contributed by atoms with E-state index in [-0.39, 0.29) is 22.9 Å². The highest BCUT2D eigenvalue weighted by Gasteiger charge is 2.42. The number of carbonyl (C=O) groups is 1. The van der Waals surface area contributed by atoms with Gasteiger partial charge in [-0.1, -0.05) is 0 Å². The van der Waals surface area contributed by atoms with Crippen LogP contribution in [0.15, 0.2) is 12.1 Å². The molecule has 1 aromatic carbocycles. The number of nitrogens with zero attached hydrogens (tertiary/aromatic N) is 1. The van der Waals surface area contributed by atoms with E-state index in [1.165, 1.54) is 19.2 Å². The summed E-state index contributed by atoms with van der Waals surface area (Å²) in [4.78, 5) is 13.2. The van der Waals surface area contributed by atoms with Crippen LogP contribution >= 0.6 is 0 Å². The van der Waals surface area contributed by atoms with Crippen molar-refractivity contribution >= 4 is 17.3 Å². The van der Waals surface area contributed by atoms with Crippen molar-refractivity contribution in [1.29, 1.82) is 0 Å². The monoisotopic (exact) mass is 321 g/mol. The lowest BCUT2D eigenvalue weighted by Crippen LogP contribution is -2.55. The molecule has 1 aromatic rings. The molecule has 0 saturated heterocycles. The number of nitrogens with one attached hydrogen (secondary N) is 1. The van der Waals surface area contributed by atoms with Gasteiger partial charge in [0.25, 0.3) is 0 Å². The first-order chi connectivity index (χ1) is 10.1. The number of alkyl halides is 3. The number of aliphatic hydroxyl groups is 1. The van der Waals surface area contributed by atoms with Crippen molar-refractivity contribution in [3.8, 4) is 11.5 Å². The third-order valence-corrected chi connectivity index (χ3v) is 3.17. The maximum Gasteiger partial charge on any atom is 0.427 e. The molecule has 2 atom stereocenters. The molecule has 1 heterocycles. The molecule has 10 heteroatoms. The van der Waals surface area contributed by atoms with E-state index in [4.69, 9.17) is 15.6 Å². The summed E-state index contributed by atoms with van der Waals surface area (Å²) in [5.41, 5.74) is 5.67. The van der Waals surface area contributed by atoms with Gasteiger partial charge in [-0.25, -0.2) is 0 Å². The normalized spacial score (nSPS) is 20.1. The van der Waals surface area contributed by atoms with Crippen LogP contribution in [0.2, 0.25) is 0 Å². The fourth-order valence-electron chi connectivity index (χ4n) is 1.95. The number of phenols is 1. The largest absolute Gasteiger partial charge is 0.506 e. The SMILES string of the molecule is CN1C(=O)[C@@H](NC(O)C(F)(F)F)COc2cc(N)c(O)cc21. The lowest BCUT2D eigenvalue weighted by atomic mass is 10.2. The van der Waals surface area contributed by atoms with Crippen LogP contribution in [0.25, 0.3) is 0 Å². The van der Waals surface area contributed by atoms with Crippen molar-refractivity contribution in [2.45, 2.75) is 18.4 Å². The van der Waals surface area contributed by atoms with E-state index in [2.05, 4.69) is 0 Å². The van der Waals surface area contributed by atoms with Crippen molar-refractivity contribution in [2.75, 3.05) is 24.3 Å². The number of aliphatic hydroxyl groups excluding tert-OH is 1. The van der Waals surface area contributed by atoms with Crippen molar-refractivity contribution in [2.24, 2.45) is 0 Å². The van der Waals surface area contributed by atoms with Gasteiger partial charge in [0.2, 0.25) is 12.1 Å². The molecule has 0 spiro atoms. The number of nitrogens with two attached hydrogens (primary N) is 1. The molecule has 1 aliphatic heterocycles. The number of halogens is 3. The lowest BCUT2D eigenvalue weighted by Gasteiger charge is -2.24. The minimum Gasteiger partial charge on any atom is -0.506 e. The maximum absolute atomic E-state index is 12.4. The number of hydrogen-bond donors (Lipinski definition) is 4. The Hall–Kier alpha value is -2.20. The standard InChI is InChI=1S/C12H14F3N3O4/c1-18-7-3-8(19)5(16)2-9(7)22-4-6(10(18)20)17-11(21)12(13,14)15/h2-3,6,11,17,19,21H,4,16H2,1H3/t6-,11?/m0/s1. The number of carbonyl (C=O) groups excluding carboxylic acids is 1. The second-order valence-corrected chi connectivity index (χ2v) is 4.75. The van der Waals surface area contributed by atoms with E-state index < -0.39 is 31.0 Å². The first-order valence-electron chi connectivity index (χ1n) is 6.15. The van der Waals surface area contributed by atoms with Gasteiger partial charge in [-0.15, -0.1) is 0 Å². The van der Waals surface area contributed by atoms with Crippen LogP contribution in [0.4, 0.5) is 24.5 Å². The van der Waals surface area contributed by atoms with Gasteiger partial charge in [0.05, 0.1) is 11.4 Å². The number of likely N-dealkylation sites (N-methyl/N-ethyl adjacent to an activating group) is 1. The zero-order chi connectivity index (χ0) is 16.7. The second kappa shape index (κ2) is 5.54. The molecule has 0 radical (unpaired) electrons. The molecule has 0 fully saturated rings. The smallest absolute Gasteiger partial charge is 0.427 e. The zero-order valence-electron chi connectivity index (χ0n) is 11.4. The number of amides is 1. The molecule has 0 aliphatic carbocycles. The third-order valence-electron chi connectivity index (χ3n) is 3.17. The molecule has 122 valence electrons. The molecule has 1 amide bonds. The van der Waals surface area contributed by atoms with E-state index in [1.54, 1.807) is 5.32 Å². The summed E-state index contributed by atoms with van der Waals surface area (Å²) < 4.78 is 42.4. The summed E-state index contributed by atoms with van der Waals surface area (Å²) in [6, 6.07) is 1.01. The highest BCUT2D eigenvalue weighted by atomic mass is 19.4. The zero-order valence-corrected chi connectivity index (χ0v) is 11.4. The highest BCUT2D eigenvalue weighted by Crippen LogP contribution is 2.37. The van der Waals surface area contributed by atoms with Gasteiger partial charge in [0, 0.05) is 19.2 Å². The summed E-state index contributed by atoms with van der Waals surface area (Å²) in [6.45, 7) is -0.437. The van der Waals surface area contributed by atoms with E-state index >= 15 is 0 Å². The van der Waals surface area contributed by atoms with Gasteiger partial charge in [-0.2, -0.15) is 13.2 Å². The Labute approximate surface area is 123 Å². The highest BCUT2D eigenvalue weighted by molar-refractivity contribution is 5.99. The number of hydrogen-bond acceptors (Lipinski definition) is 6. The van der Waals surface area contributed by atoms with E-state index in [9.17, 15) is 23.1 Å². The van der Waals surface area contributed by atoms with E-state index in [1.807, 2.05) is 0 Å². The Morgan fingerprint density at radius 2 is 2.14 bits per heavy atom. The van der Waals surface area contributed by atoms with Crippen LogP contribution < -0.4 is 20.7 Å². The van der Waals surface area contributed by atoms with Crippen molar-refractivity contribution in [3.63, 3.8) is 0 Å². The molecular weight excluding hydrogens is 307 g/mol. The second-order valence-electron chi connectivity index (χ2n) is 4.75. The Kier molecular flexibility index (Phi) is 4.07. The number of ether oxygens (including phenoxy) is 1. The number of phenolic OH excluding ortho intramolecular Hbond substituents is 1. The molecule has 0 aromatic heterocycles. The fraction of sp³-hybridized carbons (Fsp3) is 0.417. The minimum absolute atomic E-state index is 0.00124. The Bertz CT molecular complexity index is 594. The van der Waals surface area contributed by atoms with E-state index in [0.29, 0.717) is 0 Å². The predicted molar refractivity (Wildman–Crippen MR) is 70.4 cm³/mol. The number of benzene rings is 1. The molecule has 22 heavy (non-hydrogen) atoms. The van der Waals surface area contributed by atoms with Gasteiger partial charge < -0.3 is 25.6 Å². The maximum atomic E-state index is 12.4. The number of nitrogen functional groups attached to an aromatic ring is 1. The van der Waals surface area contributed by atoms with Crippen LogP contribution in [-0.2, 0) is 4.79 Å². The van der Waals surface area contributed by atoms with Gasteiger partial charge in [0.1, 0.15) is 24.1 Å². The average molecular weight is 321 g/mol. The minimum atomic E-state index is -4.92. The van der Waals surface area contributed by atoms with Gasteiger partial charge in [0.15, 0.2) is 0 Å². The Morgan fingerprint density at radius 1 is 1.50 bits per heavy atom. The van der Waals surface area contributed by atoms with Crippen LogP contribution in [0.5, 0.6) is 11.5 Å². The fourth-order valence-corrected chi connectivity index (χ4v) is 1.95. The molecule has 5 N–H and O–H groups in total. The lowest BCUT2D eigenvalue weighted by molar-refractivity contribution is -0.216. The Balaban J connectivity index is 2.26. The molecular formula is C12H14F3N3O4. The Morgan fingerprint density at radius 3 is 2.73 bits per heavy atom. The van der Waals surface area contributed by atoms with Crippen LogP contribution in [-0.4, -0.2) is 48.2 Å². The molecule has 0 bridgehead atoms. The quantitative estimate of drug-likeness (QED) is 0.351. The molecule has 7 nitrogen and oxygen atoms in total. The summed E-state index contributed by atoms with van der Waals surface area (Å²) in [6.07, 6.45) is -7.78. The van der Waals surface area contributed by atoms with Gasteiger partial charge >= 0.3 is 6.18 Å². The summed E-state index contributed by atoms with van der Waals surface area (Å²) >= 11 is 0. The average Bonchev–Trinajstić information content (AvgIpc) is 2.52. The van der Waals surface area contributed by atoms with Crippen molar-refractivity contribution in [3.05, 3.63) is 12.1 Å². The topological polar surface area (TPSA) is 108 Å².